The van der Waals surface area contributed by atoms with Crippen molar-refractivity contribution in [3.63, 3.8) is 0 Å². The van der Waals surface area contributed by atoms with Crippen LogP contribution >= 0.6 is 0 Å². The maximum Gasteiger partial charge on any atom is 0.128 e. The van der Waals surface area contributed by atoms with Gasteiger partial charge < -0.3 is 24.0 Å². The lowest BCUT2D eigenvalue weighted by Crippen LogP contribution is -2.41. The molecule has 0 N–H and O–H groups in total. The molecule has 546 valence electrons. The minimum Gasteiger partial charge on any atom is -0.490 e. The molecule has 1 heterocycles. The highest BCUT2D eigenvalue weighted by atomic mass is 19.1. The molecule has 7 heteroatoms. The van der Waals surface area contributed by atoms with Crippen molar-refractivity contribution in [2.45, 2.75) is 162 Å². The maximum absolute atomic E-state index is 15.3. The second-order valence-corrected chi connectivity index (χ2v) is 32.3. The third-order valence-corrected chi connectivity index (χ3v) is 26.4. The molecule has 0 radical (unpaired) electrons. The van der Waals surface area contributed by atoms with E-state index in [-0.39, 0.29) is 71.6 Å². The molecule has 15 aliphatic rings. The van der Waals surface area contributed by atoms with Gasteiger partial charge in [0.2, 0.25) is 0 Å². The molecule has 1 aliphatic heterocycles. The van der Waals surface area contributed by atoms with E-state index in [4.69, 9.17) is 14.2 Å². The normalized spacial score (nSPS) is 31.2. The SMILES string of the molecule is C=CC1=CC=C(OC2C=CC(C3(C4=CCC(F)C=C4)c4ccccc4C4C=CC(C5=CC(N(C6=CC=CCC6)c6ccc7c(c6)C6C=C(N(C8=CC=CCC8)C8C=CCC(C9=CC%10C(C=C9)c9ccccc9C%10(c9ccc(OC%10CC=C(C=C)CC%10)cc9)C9C=CC(F)=CC9)C8)C=CC6O7)=CCC5)=CC43)=CC2)CC1. The highest BCUT2D eigenvalue weighted by molar-refractivity contribution is 5.71. The Labute approximate surface area is 643 Å². The number of anilines is 1. The molecule has 4 aromatic rings. The van der Waals surface area contributed by atoms with Crippen molar-refractivity contribution in [2.24, 2.45) is 23.7 Å². The van der Waals surface area contributed by atoms with Gasteiger partial charge in [0.05, 0.1) is 17.2 Å². The number of hydrogen-bond donors (Lipinski definition) is 0. The number of halogens is 2. The van der Waals surface area contributed by atoms with Gasteiger partial charge in [0.25, 0.3) is 0 Å². The van der Waals surface area contributed by atoms with E-state index in [2.05, 4.69) is 284 Å². The van der Waals surface area contributed by atoms with Crippen LogP contribution in [0.3, 0.4) is 0 Å². The Kier molecular flexibility index (Phi) is 18.4. The second-order valence-electron chi connectivity index (χ2n) is 32.3. The van der Waals surface area contributed by atoms with E-state index in [0.717, 1.165) is 113 Å². The minimum absolute atomic E-state index is 0.00350. The Morgan fingerprint density at radius 2 is 1.35 bits per heavy atom. The van der Waals surface area contributed by atoms with E-state index in [1.807, 2.05) is 12.2 Å². The Bertz CT molecular complexity index is 5130. The quantitative estimate of drug-likeness (QED) is 0.0928. The minimum atomic E-state index is -1.01. The average Bonchev–Trinajstić information content (AvgIpc) is 1.56. The molecule has 0 amide bonds. The van der Waals surface area contributed by atoms with Gasteiger partial charge in [0.15, 0.2) is 0 Å². The molecule has 5 nitrogen and oxygen atoms in total. The molecule has 0 aromatic heterocycles. The van der Waals surface area contributed by atoms with Crippen LogP contribution in [0.1, 0.15) is 154 Å². The number of benzene rings is 4. The van der Waals surface area contributed by atoms with Crippen molar-refractivity contribution in [2.75, 3.05) is 4.90 Å². The Morgan fingerprint density at radius 1 is 0.560 bits per heavy atom. The summed E-state index contributed by atoms with van der Waals surface area (Å²) in [6.45, 7) is 8.00. The zero-order chi connectivity index (χ0) is 73.2. The fourth-order valence-corrected chi connectivity index (χ4v) is 21.2. The first-order valence-electron chi connectivity index (χ1n) is 40.5. The summed E-state index contributed by atoms with van der Waals surface area (Å²) in [5.41, 5.74) is 21.9. The molecular formula is C102H96F2N2O3. The van der Waals surface area contributed by atoms with E-state index in [0.29, 0.717) is 12.8 Å². The summed E-state index contributed by atoms with van der Waals surface area (Å²) in [6.07, 6.45) is 88.0. The molecule has 0 spiro atoms. The van der Waals surface area contributed by atoms with E-state index in [1.165, 1.54) is 95.2 Å². The lowest BCUT2D eigenvalue weighted by Gasteiger charge is -2.45. The van der Waals surface area contributed by atoms with Gasteiger partial charge in [0, 0.05) is 94.7 Å². The Hall–Kier alpha value is -10.5. The predicted molar refractivity (Wildman–Crippen MR) is 440 cm³/mol. The monoisotopic (exact) mass is 1430 g/mol. The number of hydrogen-bond acceptors (Lipinski definition) is 5. The van der Waals surface area contributed by atoms with Gasteiger partial charge in [-0.25, -0.2) is 8.78 Å². The van der Waals surface area contributed by atoms with Crippen LogP contribution < -0.4 is 14.4 Å². The van der Waals surface area contributed by atoms with Crippen LogP contribution in [0.25, 0.3) is 0 Å². The van der Waals surface area contributed by atoms with Crippen LogP contribution in [0, 0.1) is 23.7 Å². The van der Waals surface area contributed by atoms with Crippen molar-refractivity contribution >= 4 is 5.69 Å². The van der Waals surface area contributed by atoms with Gasteiger partial charge in [-0.2, -0.15) is 0 Å². The Morgan fingerprint density at radius 3 is 2.09 bits per heavy atom. The molecule has 0 fully saturated rings. The first kappa shape index (κ1) is 69.0. The van der Waals surface area contributed by atoms with Gasteiger partial charge in [0.1, 0.15) is 41.8 Å². The van der Waals surface area contributed by atoms with Crippen molar-refractivity contribution in [3.8, 4) is 11.5 Å². The molecule has 14 unspecified atom stereocenters. The van der Waals surface area contributed by atoms with E-state index >= 15 is 8.78 Å². The number of ether oxygens (including phenoxy) is 3. The van der Waals surface area contributed by atoms with Gasteiger partial charge in [-0.05, 0) is 241 Å². The number of fused-ring (bicyclic) bond motifs is 9. The first-order chi connectivity index (χ1) is 53.7. The fourth-order valence-electron chi connectivity index (χ4n) is 21.2. The summed E-state index contributed by atoms with van der Waals surface area (Å²) in [6, 6.07) is 34.2. The lowest BCUT2D eigenvalue weighted by molar-refractivity contribution is 0.146. The molecule has 0 saturated carbocycles. The molecule has 0 bridgehead atoms. The van der Waals surface area contributed by atoms with Gasteiger partial charge in [-0.1, -0.05) is 219 Å². The molecular weight excluding hydrogens is 1340 g/mol. The first-order valence-corrected chi connectivity index (χ1v) is 40.5. The van der Waals surface area contributed by atoms with E-state index in [9.17, 15) is 0 Å². The summed E-state index contributed by atoms with van der Waals surface area (Å²) in [5, 5.41) is 0. The molecule has 14 atom stereocenters. The van der Waals surface area contributed by atoms with Crippen molar-refractivity contribution in [1.29, 1.82) is 0 Å². The number of nitrogens with zero attached hydrogens (tertiary/aromatic N) is 2. The van der Waals surface area contributed by atoms with Crippen molar-refractivity contribution in [1.82, 2.24) is 4.90 Å². The fraction of sp³-hybridized carbons (Fsp3) is 0.294. The van der Waals surface area contributed by atoms with Crippen molar-refractivity contribution < 1.29 is 23.0 Å². The second kappa shape index (κ2) is 29.1. The lowest BCUT2D eigenvalue weighted by atomic mass is 9.58. The molecule has 109 heavy (non-hydrogen) atoms. The highest BCUT2D eigenvalue weighted by Gasteiger charge is 2.57. The number of alkyl halides is 1. The molecule has 0 saturated heterocycles. The zero-order valence-corrected chi connectivity index (χ0v) is 62.2. The van der Waals surface area contributed by atoms with Crippen LogP contribution in [-0.2, 0) is 15.6 Å². The largest absolute Gasteiger partial charge is 0.490 e. The zero-order valence-electron chi connectivity index (χ0n) is 62.2. The number of rotatable bonds is 18. The third kappa shape index (κ3) is 12.4. The topological polar surface area (TPSA) is 34.2 Å². The summed E-state index contributed by atoms with van der Waals surface area (Å²) >= 11 is 0. The van der Waals surface area contributed by atoms with E-state index in [1.54, 1.807) is 18.2 Å². The van der Waals surface area contributed by atoms with Gasteiger partial charge in [-0.3, -0.25) is 0 Å². The van der Waals surface area contributed by atoms with Crippen molar-refractivity contribution in [3.05, 3.63) is 411 Å². The summed E-state index contributed by atoms with van der Waals surface area (Å²) in [4.78, 5) is 5.21. The third-order valence-electron chi connectivity index (χ3n) is 26.4. The molecule has 19 rings (SSSR count). The van der Waals surface area contributed by atoms with Crippen LogP contribution in [0.15, 0.2) is 378 Å². The smallest absolute Gasteiger partial charge is 0.128 e. The van der Waals surface area contributed by atoms with Crippen LogP contribution in [-0.4, -0.2) is 35.4 Å². The standard InChI is InChI=1S/C102H96F2N2O3/c1-3-67-29-49-85(50-30-67)107-87-53-39-75(40-54-87)101(73-35-43-77(103)44-36-73)95-27-13-11-25-89(95)91-57-33-71(63-97(91)101)69-17-15-23-81(61-69)105(79-19-7-5-8-20-79)83-47-59-99-93(65-83)94-66-84(48-60-100(94)109-99)106(80-21-9-6-10-22-80)82-24-16-18-70(62-82)72-34-58-92-90-26-12-14-28-96(90)102(98(92)64-72,74-37-45-78(104)46-38-74)76-41-55-88(56-42-76)108-86-51-31-68(4-2)32-52-86/h3-7,9,11-15,19,21,23-29,31,33-35,37-45,47-48,51,53-55,57-60,62-66,69,73,78,81,85,88,91-93,97-99H,1-2,8,10,16-18,20,22,30,32,36,46,49-50,52,56,61H2. The summed E-state index contributed by atoms with van der Waals surface area (Å²) in [7, 11) is 0. The predicted octanol–water partition coefficient (Wildman–Crippen LogP) is 24.6. The summed E-state index contributed by atoms with van der Waals surface area (Å²) in [5.74, 6) is 3.44. The van der Waals surface area contributed by atoms with E-state index < -0.39 is 17.0 Å². The highest BCUT2D eigenvalue weighted by Crippen LogP contribution is 2.65. The van der Waals surface area contributed by atoms with Gasteiger partial charge >= 0.3 is 0 Å². The molecule has 4 aromatic carbocycles. The molecule has 14 aliphatic carbocycles. The van der Waals surface area contributed by atoms with Crippen LogP contribution in [0.4, 0.5) is 14.5 Å². The van der Waals surface area contributed by atoms with Crippen LogP contribution in [0.2, 0.25) is 0 Å². The maximum atomic E-state index is 15.3. The van der Waals surface area contributed by atoms with Gasteiger partial charge in [-0.15, -0.1) is 0 Å². The summed E-state index contributed by atoms with van der Waals surface area (Å²) < 4.78 is 50.9. The average molecular weight is 1440 g/mol. The Balaban J connectivity index is 0.624. The van der Waals surface area contributed by atoms with Crippen LogP contribution in [0.5, 0.6) is 11.5 Å². The number of allylic oxidation sites excluding steroid dienone is 38.